The zero-order valence-electron chi connectivity index (χ0n) is 17.3. The summed E-state index contributed by atoms with van der Waals surface area (Å²) in [7, 11) is 0. The van der Waals surface area contributed by atoms with Crippen LogP contribution in [0, 0.1) is 6.92 Å². The van der Waals surface area contributed by atoms with Gasteiger partial charge in [-0.15, -0.1) is 11.3 Å². The van der Waals surface area contributed by atoms with Gasteiger partial charge in [-0.3, -0.25) is 4.79 Å². The lowest BCUT2D eigenvalue weighted by Crippen LogP contribution is -2.35. The number of rotatable bonds is 9. The van der Waals surface area contributed by atoms with Gasteiger partial charge in [0, 0.05) is 17.3 Å². The molecule has 0 bridgehead atoms. The molecule has 1 N–H and O–H groups in total. The van der Waals surface area contributed by atoms with E-state index >= 15 is 0 Å². The fourth-order valence-corrected chi connectivity index (χ4v) is 3.96. The van der Waals surface area contributed by atoms with Gasteiger partial charge in [0.05, 0.1) is 16.3 Å². The first-order valence-corrected chi connectivity index (χ1v) is 11.1. The molecule has 0 spiro atoms. The van der Waals surface area contributed by atoms with Crippen molar-refractivity contribution in [1.29, 1.82) is 0 Å². The number of hydrogen-bond acceptors (Lipinski definition) is 6. The minimum atomic E-state index is -0.541. The molecule has 2 aromatic carbocycles. The number of carbonyl (C=O) groups excluding carboxylic acids is 2. The van der Waals surface area contributed by atoms with Crippen molar-refractivity contribution in [1.82, 2.24) is 10.3 Å². The van der Waals surface area contributed by atoms with Crippen LogP contribution in [0.1, 0.15) is 39.5 Å². The van der Waals surface area contributed by atoms with Crippen LogP contribution in [0.2, 0.25) is 0 Å². The highest BCUT2D eigenvalue weighted by atomic mass is 32.1. The molecule has 160 valence electrons. The largest absolute Gasteiger partial charge is 0.487 e. The maximum absolute atomic E-state index is 12.2. The quantitative estimate of drug-likeness (QED) is 0.513. The Morgan fingerprint density at radius 3 is 2.48 bits per heavy atom. The molecule has 3 aromatic rings. The Hall–Kier alpha value is -3.19. The van der Waals surface area contributed by atoms with Gasteiger partial charge < -0.3 is 14.8 Å². The van der Waals surface area contributed by atoms with Crippen LogP contribution in [0.5, 0.6) is 5.75 Å². The van der Waals surface area contributed by atoms with Crippen LogP contribution in [0.4, 0.5) is 0 Å². The number of nitrogens with one attached hydrogen (secondary N) is 1. The summed E-state index contributed by atoms with van der Waals surface area (Å²) in [5.74, 6) is -0.203. The van der Waals surface area contributed by atoms with Crippen molar-refractivity contribution in [2.45, 2.75) is 31.8 Å². The Labute approximate surface area is 185 Å². The molecule has 7 heteroatoms. The van der Waals surface area contributed by atoms with Gasteiger partial charge in [0.15, 0.2) is 6.61 Å². The number of hydrogen-bond donors (Lipinski definition) is 1. The molecule has 1 amide bonds. The molecular weight excluding hydrogens is 412 g/mol. The number of amides is 1. The van der Waals surface area contributed by atoms with Crippen molar-refractivity contribution < 1.29 is 19.1 Å². The Bertz CT molecular complexity index is 1040. The fourth-order valence-electron chi connectivity index (χ4n) is 3.36. The van der Waals surface area contributed by atoms with Gasteiger partial charge in [-0.1, -0.05) is 30.3 Å². The van der Waals surface area contributed by atoms with E-state index in [0.29, 0.717) is 24.5 Å². The monoisotopic (exact) mass is 436 g/mol. The zero-order chi connectivity index (χ0) is 21.7. The summed E-state index contributed by atoms with van der Waals surface area (Å²) in [6.07, 6.45) is 2.10. The second-order valence-corrected chi connectivity index (χ2v) is 8.73. The number of nitrogens with zero attached hydrogens (tertiary/aromatic N) is 1. The number of thiazole rings is 1. The van der Waals surface area contributed by atoms with Crippen molar-refractivity contribution in [3.05, 3.63) is 81.8 Å². The van der Waals surface area contributed by atoms with Crippen LogP contribution < -0.4 is 10.1 Å². The lowest BCUT2D eigenvalue weighted by molar-refractivity contribution is -0.124. The molecule has 0 atom stereocenters. The first kappa shape index (κ1) is 21.1. The maximum Gasteiger partial charge on any atom is 0.338 e. The van der Waals surface area contributed by atoms with Crippen LogP contribution in [-0.2, 0) is 21.6 Å². The minimum Gasteiger partial charge on any atom is -0.487 e. The SMILES string of the molecule is Cc1nc(COc2ccc(C(=O)OCC(=O)NCC3(c4ccccc4)CC3)cc2)cs1. The Kier molecular flexibility index (Phi) is 6.32. The molecule has 0 radical (unpaired) electrons. The van der Waals surface area contributed by atoms with E-state index in [2.05, 4.69) is 22.4 Å². The van der Waals surface area contributed by atoms with Gasteiger partial charge in [0.1, 0.15) is 12.4 Å². The Balaban J connectivity index is 1.21. The Morgan fingerprint density at radius 2 is 1.84 bits per heavy atom. The standard InChI is InChI=1S/C24H24N2O4S/c1-17-26-20(15-31-17)13-29-21-9-7-18(8-10-21)23(28)30-14-22(27)25-16-24(11-12-24)19-5-3-2-4-6-19/h2-10,15H,11-14,16H2,1H3,(H,25,27). The van der Waals surface area contributed by atoms with E-state index in [1.807, 2.05) is 30.5 Å². The number of benzene rings is 2. The predicted molar refractivity (Wildman–Crippen MR) is 118 cm³/mol. The van der Waals surface area contributed by atoms with E-state index in [4.69, 9.17) is 9.47 Å². The fraction of sp³-hybridized carbons (Fsp3) is 0.292. The topological polar surface area (TPSA) is 77.5 Å². The molecule has 1 aliphatic carbocycles. The second-order valence-electron chi connectivity index (χ2n) is 7.67. The zero-order valence-corrected chi connectivity index (χ0v) is 18.1. The average molecular weight is 437 g/mol. The third kappa shape index (κ3) is 5.49. The molecule has 1 aromatic heterocycles. The smallest absolute Gasteiger partial charge is 0.338 e. The van der Waals surface area contributed by atoms with Crippen molar-refractivity contribution in [2.75, 3.05) is 13.2 Å². The van der Waals surface area contributed by atoms with Crippen molar-refractivity contribution in [2.24, 2.45) is 0 Å². The number of ether oxygens (including phenoxy) is 2. The molecule has 1 heterocycles. The summed E-state index contributed by atoms with van der Waals surface area (Å²) in [5, 5.41) is 5.84. The highest BCUT2D eigenvalue weighted by Gasteiger charge is 2.44. The van der Waals surface area contributed by atoms with Crippen LogP contribution in [-0.4, -0.2) is 30.0 Å². The van der Waals surface area contributed by atoms with E-state index in [0.717, 1.165) is 23.5 Å². The normalized spacial score (nSPS) is 14.0. The summed E-state index contributed by atoms with van der Waals surface area (Å²) in [4.78, 5) is 28.7. The molecule has 0 saturated heterocycles. The highest BCUT2D eigenvalue weighted by molar-refractivity contribution is 7.09. The lowest BCUT2D eigenvalue weighted by atomic mass is 9.96. The van der Waals surface area contributed by atoms with Gasteiger partial charge in [-0.05, 0) is 49.6 Å². The van der Waals surface area contributed by atoms with Gasteiger partial charge in [-0.2, -0.15) is 0 Å². The van der Waals surface area contributed by atoms with E-state index < -0.39 is 5.97 Å². The molecule has 0 unspecified atom stereocenters. The summed E-state index contributed by atoms with van der Waals surface area (Å²) in [6, 6.07) is 16.8. The van der Waals surface area contributed by atoms with Gasteiger partial charge in [0.25, 0.3) is 5.91 Å². The maximum atomic E-state index is 12.2. The third-order valence-corrected chi connectivity index (χ3v) is 6.16. The molecule has 31 heavy (non-hydrogen) atoms. The van der Waals surface area contributed by atoms with Crippen LogP contribution in [0.25, 0.3) is 0 Å². The van der Waals surface area contributed by atoms with Crippen molar-refractivity contribution in [3.63, 3.8) is 0 Å². The molecule has 0 aliphatic heterocycles. The highest BCUT2D eigenvalue weighted by Crippen LogP contribution is 2.47. The summed E-state index contributed by atoms with van der Waals surface area (Å²) in [5.41, 5.74) is 2.50. The molecule has 1 aliphatic rings. The minimum absolute atomic E-state index is 0.0218. The predicted octanol–water partition coefficient (Wildman–Crippen LogP) is 4.04. The van der Waals surface area contributed by atoms with Crippen LogP contribution >= 0.6 is 11.3 Å². The van der Waals surface area contributed by atoms with Gasteiger partial charge >= 0.3 is 5.97 Å². The van der Waals surface area contributed by atoms with E-state index in [9.17, 15) is 9.59 Å². The summed E-state index contributed by atoms with van der Waals surface area (Å²) in [6.45, 7) is 2.57. The van der Waals surface area contributed by atoms with Gasteiger partial charge in [-0.25, -0.2) is 9.78 Å². The van der Waals surface area contributed by atoms with Crippen molar-refractivity contribution >= 4 is 23.2 Å². The number of aromatic nitrogens is 1. The Morgan fingerprint density at radius 1 is 1.10 bits per heavy atom. The molecule has 1 saturated carbocycles. The van der Waals surface area contributed by atoms with Crippen molar-refractivity contribution in [3.8, 4) is 5.75 Å². The van der Waals surface area contributed by atoms with Gasteiger partial charge in [0.2, 0.25) is 0 Å². The second kappa shape index (κ2) is 9.31. The number of carbonyl (C=O) groups is 2. The lowest BCUT2D eigenvalue weighted by Gasteiger charge is -2.16. The average Bonchev–Trinajstić information content (AvgIpc) is 3.49. The molecular formula is C24H24N2O4S. The molecule has 4 rings (SSSR count). The van der Waals surface area contributed by atoms with E-state index in [1.54, 1.807) is 35.6 Å². The van der Waals surface area contributed by atoms with E-state index in [1.165, 1.54) is 5.56 Å². The summed E-state index contributed by atoms with van der Waals surface area (Å²) >= 11 is 1.58. The molecule has 1 fully saturated rings. The van der Waals surface area contributed by atoms with Crippen LogP contribution in [0.15, 0.2) is 60.0 Å². The molecule has 6 nitrogen and oxygen atoms in total. The van der Waals surface area contributed by atoms with Crippen LogP contribution in [0.3, 0.4) is 0 Å². The summed E-state index contributed by atoms with van der Waals surface area (Å²) < 4.78 is 10.8. The first-order chi connectivity index (χ1) is 15.0. The third-order valence-electron chi connectivity index (χ3n) is 5.34. The first-order valence-electron chi connectivity index (χ1n) is 10.2. The number of esters is 1. The number of aryl methyl sites for hydroxylation is 1. The van der Waals surface area contributed by atoms with E-state index in [-0.39, 0.29) is 17.9 Å².